The lowest BCUT2D eigenvalue weighted by molar-refractivity contribution is 0.113. The zero-order chi connectivity index (χ0) is 16.6. The fraction of sp³-hybridized carbons (Fsp3) is 0.381. The summed E-state index contributed by atoms with van der Waals surface area (Å²) in [6.07, 6.45) is 9.85. The van der Waals surface area contributed by atoms with Gasteiger partial charge in [0.15, 0.2) is 0 Å². The number of nitrogens with zero attached hydrogens (tertiary/aromatic N) is 2. The molecule has 0 saturated carbocycles. The highest BCUT2D eigenvalue weighted by Gasteiger charge is 2.31. The molecule has 0 aliphatic carbocycles. The van der Waals surface area contributed by atoms with E-state index in [1.54, 1.807) is 0 Å². The van der Waals surface area contributed by atoms with Crippen LogP contribution in [0, 0.1) is 5.92 Å². The number of fused-ring (bicyclic) bond motifs is 3. The summed E-state index contributed by atoms with van der Waals surface area (Å²) in [5.74, 6) is 0.780. The summed E-state index contributed by atoms with van der Waals surface area (Å²) in [7, 11) is 0. The minimum Gasteiger partial charge on any atom is -0.381 e. The first-order valence-corrected chi connectivity index (χ1v) is 9.37. The van der Waals surface area contributed by atoms with Crippen LogP contribution in [-0.2, 0) is 0 Å². The van der Waals surface area contributed by atoms with E-state index in [2.05, 4.69) is 50.5 Å². The summed E-state index contributed by atoms with van der Waals surface area (Å²) >= 11 is 0. The lowest BCUT2D eigenvalue weighted by atomic mass is 9.85. The summed E-state index contributed by atoms with van der Waals surface area (Å²) in [5, 5.41) is 5.02. The second kappa shape index (κ2) is 6.19. The molecule has 2 aliphatic heterocycles. The van der Waals surface area contributed by atoms with E-state index in [0.29, 0.717) is 6.04 Å². The van der Waals surface area contributed by atoms with Gasteiger partial charge in [-0.15, -0.1) is 0 Å². The smallest absolute Gasteiger partial charge is 0.0535 e. The van der Waals surface area contributed by atoms with Crippen LogP contribution < -0.4 is 5.32 Å². The van der Waals surface area contributed by atoms with Crippen LogP contribution in [-0.4, -0.2) is 40.5 Å². The summed E-state index contributed by atoms with van der Waals surface area (Å²) in [4.78, 5) is 10.4. The van der Waals surface area contributed by atoms with Crippen molar-refractivity contribution < 1.29 is 0 Å². The lowest BCUT2D eigenvalue weighted by Gasteiger charge is -2.43. The maximum atomic E-state index is 4.49. The second-order valence-corrected chi connectivity index (χ2v) is 7.48. The molecular formula is C21H24N4. The molecule has 0 spiro atoms. The average Bonchev–Trinajstić information content (AvgIpc) is 3.12. The Kier molecular flexibility index (Phi) is 3.71. The van der Waals surface area contributed by atoms with Gasteiger partial charge < -0.3 is 15.2 Å². The van der Waals surface area contributed by atoms with Crippen LogP contribution in [0.1, 0.15) is 19.3 Å². The van der Waals surface area contributed by atoms with Gasteiger partial charge in [0.2, 0.25) is 0 Å². The Morgan fingerprint density at radius 2 is 2.04 bits per heavy atom. The van der Waals surface area contributed by atoms with Gasteiger partial charge in [0, 0.05) is 48.8 Å². The van der Waals surface area contributed by atoms with E-state index in [1.807, 2.05) is 18.6 Å². The molecule has 2 fully saturated rings. The molecule has 2 aromatic heterocycles. The largest absolute Gasteiger partial charge is 0.381 e. The highest BCUT2D eigenvalue weighted by molar-refractivity contribution is 5.85. The Hall–Kier alpha value is -2.33. The number of H-pyrrole nitrogens is 1. The van der Waals surface area contributed by atoms with E-state index < -0.39 is 0 Å². The van der Waals surface area contributed by atoms with Crippen molar-refractivity contribution in [2.24, 2.45) is 5.92 Å². The molecule has 0 amide bonds. The van der Waals surface area contributed by atoms with Gasteiger partial charge in [0.05, 0.1) is 5.69 Å². The van der Waals surface area contributed by atoms with Gasteiger partial charge in [-0.3, -0.25) is 4.98 Å². The van der Waals surface area contributed by atoms with Crippen LogP contribution in [0.15, 0.2) is 48.9 Å². The number of aromatic amines is 1. The Balaban J connectivity index is 1.39. The van der Waals surface area contributed by atoms with E-state index in [9.17, 15) is 0 Å². The lowest BCUT2D eigenvalue weighted by Crippen LogP contribution is -2.49. The fourth-order valence-corrected chi connectivity index (χ4v) is 4.49. The van der Waals surface area contributed by atoms with Crippen molar-refractivity contribution in [3.8, 4) is 11.1 Å². The van der Waals surface area contributed by atoms with Crippen molar-refractivity contribution in [3.63, 3.8) is 0 Å². The van der Waals surface area contributed by atoms with E-state index in [4.69, 9.17) is 0 Å². The van der Waals surface area contributed by atoms with E-state index in [-0.39, 0.29) is 0 Å². The van der Waals surface area contributed by atoms with Crippen molar-refractivity contribution >= 4 is 16.6 Å². The number of pyridine rings is 1. The number of benzene rings is 1. The molecule has 0 radical (unpaired) electrons. The predicted octanol–water partition coefficient (Wildman–Crippen LogP) is 4.13. The van der Waals surface area contributed by atoms with Crippen LogP contribution in [0.4, 0.5) is 5.69 Å². The zero-order valence-electron chi connectivity index (χ0n) is 14.4. The third-order valence-corrected chi connectivity index (χ3v) is 5.84. The molecule has 3 aromatic rings. The van der Waals surface area contributed by atoms with Gasteiger partial charge >= 0.3 is 0 Å². The van der Waals surface area contributed by atoms with Crippen LogP contribution in [0.2, 0.25) is 0 Å². The summed E-state index contributed by atoms with van der Waals surface area (Å²) in [6.45, 7) is 3.78. The van der Waals surface area contributed by atoms with Crippen molar-refractivity contribution in [1.29, 1.82) is 0 Å². The monoisotopic (exact) mass is 332 g/mol. The van der Waals surface area contributed by atoms with Gasteiger partial charge in [-0.05, 0) is 66.9 Å². The SMILES string of the molecule is c1cc2cc(-c3cncc(N[C@H]4CCN5CCC[C@@H]4C5)c3)ccc2[nH]1. The molecule has 128 valence electrons. The van der Waals surface area contributed by atoms with Gasteiger partial charge in [0.1, 0.15) is 0 Å². The molecule has 4 heterocycles. The van der Waals surface area contributed by atoms with Crippen LogP contribution in [0.25, 0.3) is 22.0 Å². The summed E-state index contributed by atoms with van der Waals surface area (Å²) < 4.78 is 0. The third-order valence-electron chi connectivity index (χ3n) is 5.84. The van der Waals surface area contributed by atoms with E-state index >= 15 is 0 Å². The standard InChI is InChI=1S/C21H24N4/c1-2-17-14-25(8-1)9-6-21(17)24-19-11-18(12-22-13-19)15-3-4-20-16(10-15)5-7-23-20/h3-5,7,10-13,17,21,23-24H,1-2,6,8-9,14H2/t17-,21+/m1/s1. The number of hydrogen-bond donors (Lipinski definition) is 2. The first kappa shape index (κ1) is 15.0. The van der Waals surface area contributed by atoms with Crippen molar-refractivity contribution in [2.45, 2.75) is 25.3 Å². The minimum absolute atomic E-state index is 0.584. The van der Waals surface area contributed by atoms with E-state index in [1.165, 1.54) is 60.9 Å². The first-order chi connectivity index (χ1) is 12.3. The molecule has 25 heavy (non-hydrogen) atoms. The highest BCUT2D eigenvalue weighted by Crippen LogP contribution is 2.30. The number of nitrogens with one attached hydrogen (secondary N) is 2. The van der Waals surface area contributed by atoms with Crippen LogP contribution in [0.5, 0.6) is 0 Å². The van der Waals surface area contributed by atoms with E-state index in [0.717, 1.165) is 11.6 Å². The molecule has 4 heteroatoms. The number of rotatable bonds is 3. The number of aromatic nitrogens is 2. The van der Waals surface area contributed by atoms with Crippen LogP contribution >= 0.6 is 0 Å². The fourth-order valence-electron chi connectivity index (χ4n) is 4.49. The molecule has 2 aliphatic rings. The Morgan fingerprint density at radius 1 is 1.04 bits per heavy atom. The maximum absolute atomic E-state index is 4.49. The number of anilines is 1. The summed E-state index contributed by atoms with van der Waals surface area (Å²) in [6, 6.07) is 11.5. The first-order valence-electron chi connectivity index (χ1n) is 9.37. The Bertz CT molecular complexity index is 884. The molecule has 1 unspecified atom stereocenters. The Labute approximate surface area is 148 Å². The molecule has 1 aromatic carbocycles. The minimum atomic E-state index is 0.584. The molecule has 2 saturated heterocycles. The van der Waals surface area contributed by atoms with Gasteiger partial charge in [-0.1, -0.05) is 6.07 Å². The third kappa shape index (κ3) is 2.91. The van der Waals surface area contributed by atoms with Crippen molar-refractivity contribution in [1.82, 2.24) is 14.9 Å². The van der Waals surface area contributed by atoms with Gasteiger partial charge in [-0.25, -0.2) is 0 Å². The van der Waals surface area contributed by atoms with Crippen LogP contribution in [0.3, 0.4) is 0 Å². The summed E-state index contributed by atoms with van der Waals surface area (Å²) in [5.41, 5.74) is 4.72. The molecule has 4 nitrogen and oxygen atoms in total. The van der Waals surface area contributed by atoms with Crippen molar-refractivity contribution in [3.05, 3.63) is 48.9 Å². The molecule has 5 rings (SSSR count). The zero-order valence-corrected chi connectivity index (χ0v) is 14.4. The normalized spacial score (nSPS) is 25.8. The molecule has 2 N–H and O–H groups in total. The maximum Gasteiger partial charge on any atom is 0.0535 e. The quantitative estimate of drug-likeness (QED) is 0.758. The van der Waals surface area contributed by atoms with Crippen molar-refractivity contribution in [2.75, 3.05) is 25.0 Å². The molecule has 3 atom stereocenters. The number of piperidine rings is 2. The Morgan fingerprint density at radius 3 is 3.04 bits per heavy atom. The topological polar surface area (TPSA) is 44.0 Å². The second-order valence-electron chi connectivity index (χ2n) is 7.48. The average molecular weight is 332 g/mol. The number of hydrogen-bond acceptors (Lipinski definition) is 3. The molecule has 2 bridgehead atoms. The highest BCUT2D eigenvalue weighted by atomic mass is 15.2. The predicted molar refractivity (Wildman–Crippen MR) is 103 cm³/mol. The molecular weight excluding hydrogens is 308 g/mol. The van der Waals surface area contributed by atoms with Gasteiger partial charge in [0.25, 0.3) is 0 Å². The van der Waals surface area contributed by atoms with Gasteiger partial charge in [-0.2, -0.15) is 0 Å².